The summed E-state index contributed by atoms with van der Waals surface area (Å²) in [5.74, 6) is -2.13. The van der Waals surface area contributed by atoms with Crippen LogP contribution >= 0.6 is 0 Å². The van der Waals surface area contributed by atoms with Crippen LogP contribution in [0.25, 0.3) is 11.4 Å². The molecule has 8 heteroatoms. The molecular weight excluding hydrogens is 458 g/mol. The van der Waals surface area contributed by atoms with Crippen molar-refractivity contribution >= 4 is 5.69 Å². The molecule has 36 heavy (non-hydrogen) atoms. The summed E-state index contributed by atoms with van der Waals surface area (Å²) in [6.07, 6.45) is -0.0326. The van der Waals surface area contributed by atoms with Gasteiger partial charge in [-0.05, 0) is 61.3 Å². The molecule has 3 saturated carbocycles. The quantitative estimate of drug-likeness (QED) is 0.433. The fourth-order valence-corrected chi connectivity index (χ4v) is 9.45. The number of aliphatic hydroxyl groups excluding tert-OH is 3. The van der Waals surface area contributed by atoms with Crippen LogP contribution in [0, 0.1) is 22.7 Å². The lowest BCUT2D eigenvalue weighted by molar-refractivity contribution is -0.449. The molecule has 4 bridgehead atoms. The number of nitrogens with zero attached hydrogens (tertiary/aromatic N) is 2. The van der Waals surface area contributed by atoms with Gasteiger partial charge in [-0.25, -0.2) is 4.98 Å². The van der Waals surface area contributed by atoms with Crippen molar-refractivity contribution < 1.29 is 25.2 Å². The van der Waals surface area contributed by atoms with Gasteiger partial charge in [-0.2, -0.15) is 0 Å². The zero-order valence-electron chi connectivity index (χ0n) is 21.4. The fraction of sp³-hybridized carbons (Fsp3) is 0.679. The van der Waals surface area contributed by atoms with Gasteiger partial charge in [-0.3, -0.25) is 0 Å². The number of hydrogen-bond acceptors (Lipinski definition) is 7. The summed E-state index contributed by atoms with van der Waals surface area (Å²) >= 11 is 0. The molecule has 2 aromatic rings. The van der Waals surface area contributed by atoms with Crippen molar-refractivity contribution in [3.63, 3.8) is 0 Å². The van der Waals surface area contributed by atoms with Crippen LogP contribution in [0.4, 0.5) is 5.69 Å². The SMILES string of the molecule is CN(C)c1ccc(-c2nc3c([nH]2)[C@@H]2CCC4C3([C@@H]2O)[C@@]2(O)OC[C@@]43C([C@@H]2O)C(C)(C)CC[C@@H]3O)cc1. The van der Waals surface area contributed by atoms with Gasteiger partial charge < -0.3 is 35.0 Å². The molecule has 0 amide bonds. The molecule has 3 unspecified atom stereocenters. The van der Waals surface area contributed by atoms with Crippen molar-refractivity contribution in [2.24, 2.45) is 22.7 Å². The molecule has 3 heterocycles. The zero-order valence-corrected chi connectivity index (χ0v) is 21.4. The normalized spacial score (nSPS) is 45.7. The van der Waals surface area contributed by atoms with E-state index in [0.29, 0.717) is 17.9 Å². The number of rotatable bonds is 2. The van der Waals surface area contributed by atoms with Gasteiger partial charge in [0.05, 0.1) is 24.5 Å². The van der Waals surface area contributed by atoms with Gasteiger partial charge in [0, 0.05) is 48.3 Å². The Morgan fingerprint density at radius 1 is 1.03 bits per heavy atom. The molecule has 6 aliphatic rings. The highest BCUT2D eigenvalue weighted by molar-refractivity contribution is 5.63. The van der Waals surface area contributed by atoms with Crippen LogP contribution < -0.4 is 4.90 Å². The molecule has 8 rings (SSSR count). The van der Waals surface area contributed by atoms with Gasteiger partial charge in [0.1, 0.15) is 17.3 Å². The van der Waals surface area contributed by atoms with Crippen LogP contribution in [0.15, 0.2) is 24.3 Å². The lowest BCUT2D eigenvalue weighted by Gasteiger charge is -2.75. The third-order valence-corrected chi connectivity index (χ3v) is 10.9. The van der Waals surface area contributed by atoms with Crippen LogP contribution in [0.2, 0.25) is 0 Å². The average molecular weight is 496 g/mol. The number of aliphatic hydroxyl groups is 4. The predicted molar refractivity (Wildman–Crippen MR) is 133 cm³/mol. The number of nitrogens with one attached hydrogen (secondary N) is 1. The number of H-pyrrole nitrogens is 1. The summed E-state index contributed by atoms with van der Waals surface area (Å²) in [5.41, 5.74) is 1.08. The largest absolute Gasteiger partial charge is 0.392 e. The molecule has 2 spiro atoms. The van der Waals surface area contributed by atoms with E-state index in [1.165, 1.54) is 0 Å². The van der Waals surface area contributed by atoms with E-state index < -0.39 is 34.9 Å². The van der Waals surface area contributed by atoms with E-state index in [0.717, 1.165) is 36.2 Å². The van der Waals surface area contributed by atoms with E-state index in [9.17, 15) is 20.4 Å². The molecule has 4 aliphatic carbocycles. The highest BCUT2D eigenvalue weighted by atomic mass is 16.6. The Balaban J connectivity index is 1.43. The van der Waals surface area contributed by atoms with E-state index in [2.05, 4.69) is 18.8 Å². The van der Waals surface area contributed by atoms with E-state index in [4.69, 9.17) is 9.72 Å². The first kappa shape index (κ1) is 23.2. The Bertz CT molecular complexity index is 1230. The molecule has 9 atom stereocenters. The molecule has 2 saturated heterocycles. The summed E-state index contributed by atoms with van der Waals surface area (Å²) in [7, 11) is 3.99. The second-order valence-electron chi connectivity index (χ2n) is 12.9. The highest BCUT2D eigenvalue weighted by Crippen LogP contribution is 2.76. The summed E-state index contributed by atoms with van der Waals surface area (Å²) in [4.78, 5) is 10.6. The van der Waals surface area contributed by atoms with Crippen LogP contribution in [0.3, 0.4) is 0 Å². The van der Waals surface area contributed by atoms with Crippen LogP contribution in [0.1, 0.15) is 56.8 Å². The van der Waals surface area contributed by atoms with Gasteiger partial charge >= 0.3 is 0 Å². The van der Waals surface area contributed by atoms with E-state index >= 15 is 0 Å². The Labute approximate surface area is 211 Å². The van der Waals surface area contributed by atoms with E-state index in [-0.39, 0.29) is 29.8 Å². The van der Waals surface area contributed by atoms with Crippen molar-refractivity contribution in [2.75, 3.05) is 25.6 Å². The molecule has 1 aromatic heterocycles. The lowest BCUT2D eigenvalue weighted by Crippen LogP contribution is -2.86. The molecule has 2 aliphatic heterocycles. The first-order valence-electron chi connectivity index (χ1n) is 13.3. The molecule has 8 nitrogen and oxygen atoms in total. The van der Waals surface area contributed by atoms with Crippen molar-refractivity contribution in [3.05, 3.63) is 35.7 Å². The summed E-state index contributed by atoms with van der Waals surface area (Å²) in [6.45, 7) is 4.42. The number of aromatic amines is 1. The Morgan fingerprint density at radius 3 is 2.44 bits per heavy atom. The van der Waals surface area contributed by atoms with E-state index in [1.807, 2.05) is 43.3 Å². The Hall–Kier alpha value is -1.97. The zero-order chi connectivity index (χ0) is 25.4. The minimum Gasteiger partial charge on any atom is -0.392 e. The summed E-state index contributed by atoms with van der Waals surface area (Å²) in [6, 6.07) is 8.10. The third kappa shape index (κ3) is 2.33. The summed E-state index contributed by atoms with van der Waals surface area (Å²) in [5, 5.41) is 47.7. The monoisotopic (exact) mass is 495 g/mol. The smallest absolute Gasteiger partial charge is 0.206 e. The number of benzene rings is 1. The molecule has 0 radical (unpaired) electrons. The number of ether oxygens (including phenoxy) is 1. The highest BCUT2D eigenvalue weighted by Gasteiger charge is 2.85. The van der Waals surface area contributed by atoms with Crippen LogP contribution in [-0.2, 0) is 10.2 Å². The third-order valence-electron chi connectivity index (χ3n) is 10.9. The van der Waals surface area contributed by atoms with Crippen LogP contribution in [-0.4, -0.2) is 75.2 Å². The molecule has 5 fully saturated rings. The number of aromatic nitrogens is 2. The Kier molecular flexibility index (Phi) is 4.45. The second kappa shape index (κ2) is 6.91. The number of imidazole rings is 1. The molecule has 1 aromatic carbocycles. The number of anilines is 1. The van der Waals surface area contributed by atoms with Gasteiger partial charge in [0.2, 0.25) is 5.79 Å². The maximum absolute atomic E-state index is 12.3. The first-order chi connectivity index (χ1) is 17.0. The topological polar surface area (TPSA) is 122 Å². The minimum absolute atomic E-state index is 0.179. The molecule has 194 valence electrons. The number of hydrogen-bond donors (Lipinski definition) is 5. The fourth-order valence-electron chi connectivity index (χ4n) is 9.45. The predicted octanol–water partition coefficient (Wildman–Crippen LogP) is 2.13. The summed E-state index contributed by atoms with van der Waals surface area (Å²) < 4.78 is 6.20. The Morgan fingerprint density at radius 2 is 1.75 bits per heavy atom. The van der Waals surface area contributed by atoms with E-state index in [1.54, 1.807) is 0 Å². The van der Waals surface area contributed by atoms with Crippen molar-refractivity contribution in [3.8, 4) is 11.4 Å². The minimum atomic E-state index is -1.98. The number of fused-ring (bicyclic) bond motifs is 4. The van der Waals surface area contributed by atoms with Crippen molar-refractivity contribution in [1.29, 1.82) is 0 Å². The second-order valence-corrected chi connectivity index (χ2v) is 12.9. The van der Waals surface area contributed by atoms with Crippen molar-refractivity contribution in [1.82, 2.24) is 9.97 Å². The van der Waals surface area contributed by atoms with Gasteiger partial charge in [0.15, 0.2) is 0 Å². The molecule has 5 N–H and O–H groups in total. The van der Waals surface area contributed by atoms with Crippen LogP contribution in [0.5, 0.6) is 0 Å². The standard InChI is InChI=1S/C28H37N3O5/c1-25(2)12-11-18(32)26-13-36-28(35,23(34)20(25)26)27-17(26)10-9-16(22(27)33)19-21(27)30-24(29-19)14-5-7-15(8-6-14)31(3)4/h5-8,16-18,20,22-23,32-35H,9-13H2,1-4H3,(H,29,30)/t16-,17?,18-,20?,22+,23-,26+,27?,28-/m0/s1. The maximum Gasteiger partial charge on any atom is 0.206 e. The van der Waals surface area contributed by atoms with Gasteiger partial charge in [0.25, 0.3) is 0 Å². The maximum atomic E-state index is 12.3. The first-order valence-corrected chi connectivity index (χ1v) is 13.3. The van der Waals surface area contributed by atoms with Gasteiger partial charge in [-0.1, -0.05) is 13.8 Å². The lowest BCUT2D eigenvalue weighted by atomic mass is 9.35. The van der Waals surface area contributed by atoms with Crippen molar-refractivity contribution in [2.45, 2.75) is 75.0 Å². The average Bonchev–Trinajstić information content (AvgIpc) is 3.32. The molecular formula is C28H37N3O5. The van der Waals surface area contributed by atoms with Gasteiger partial charge in [-0.15, -0.1) is 0 Å².